The SMILES string of the molecule is [2H]C(=O)N1CC(c2cc(C)nc3ncnn23)CC(F)(F)C1. The van der Waals surface area contributed by atoms with Crippen LogP contribution in [0, 0.1) is 6.92 Å². The molecule has 3 rings (SSSR count). The number of aromatic nitrogens is 4. The number of fused-ring (bicyclic) bond motifs is 1. The summed E-state index contributed by atoms with van der Waals surface area (Å²) in [6, 6.07) is 1.67. The standard InChI is InChI=1S/C12H13F2N5O/c1-8-2-10(19-11(17-8)15-6-16-19)9-3-12(13,14)5-18(4-9)7-20/h2,6-7,9H,3-5H2,1H3/i7D. The highest BCUT2D eigenvalue weighted by Gasteiger charge is 2.41. The Kier molecular flexibility index (Phi) is 2.61. The summed E-state index contributed by atoms with van der Waals surface area (Å²) >= 11 is 0. The van der Waals surface area contributed by atoms with Gasteiger partial charge in [-0.05, 0) is 13.0 Å². The van der Waals surface area contributed by atoms with Crippen molar-refractivity contribution in [1.82, 2.24) is 24.5 Å². The fraction of sp³-hybridized carbons (Fsp3) is 0.500. The first-order valence-corrected chi connectivity index (χ1v) is 6.16. The highest BCUT2D eigenvalue weighted by atomic mass is 19.3. The van der Waals surface area contributed by atoms with E-state index in [1.165, 1.54) is 10.8 Å². The van der Waals surface area contributed by atoms with Crippen molar-refractivity contribution in [2.45, 2.75) is 25.2 Å². The van der Waals surface area contributed by atoms with Gasteiger partial charge in [-0.25, -0.2) is 18.3 Å². The lowest BCUT2D eigenvalue weighted by molar-refractivity contribution is -0.130. The maximum Gasteiger partial charge on any atom is 0.266 e. The Morgan fingerprint density at radius 3 is 3.15 bits per heavy atom. The summed E-state index contributed by atoms with van der Waals surface area (Å²) in [7, 11) is 0. The normalized spacial score (nSPS) is 22.9. The third-order valence-corrected chi connectivity index (χ3v) is 3.36. The Labute approximate surface area is 114 Å². The predicted molar refractivity (Wildman–Crippen MR) is 65.5 cm³/mol. The van der Waals surface area contributed by atoms with Gasteiger partial charge in [0, 0.05) is 24.6 Å². The lowest BCUT2D eigenvalue weighted by atomic mass is 9.92. The van der Waals surface area contributed by atoms with Crippen LogP contribution >= 0.6 is 0 Å². The zero-order chi connectivity index (χ0) is 15.2. The first-order valence-electron chi connectivity index (χ1n) is 6.66. The molecule has 0 radical (unpaired) electrons. The molecule has 1 fully saturated rings. The number of amides is 1. The molecule has 3 heterocycles. The van der Waals surface area contributed by atoms with E-state index in [1.54, 1.807) is 13.0 Å². The van der Waals surface area contributed by atoms with Gasteiger partial charge in [0.15, 0.2) is 0 Å². The van der Waals surface area contributed by atoms with Crippen molar-refractivity contribution in [3.05, 3.63) is 23.8 Å². The molecule has 1 unspecified atom stereocenters. The lowest BCUT2D eigenvalue weighted by Gasteiger charge is -2.35. The van der Waals surface area contributed by atoms with Gasteiger partial charge in [0.2, 0.25) is 6.39 Å². The van der Waals surface area contributed by atoms with Gasteiger partial charge in [0.25, 0.3) is 11.7 Å². The van der Waals surface area contributed by atoms with E-state index in [2.05, 4.69) is 15.1 Å². The molecule has 1 aliphatic rings. The zero-order valence-electron chi connectivity index (χ0n) is 11.8. The van der Waals surface area contributed by atoms with Crippen LogP contribution < -0.4 is 0 Å². The van der Waals surface area contributed by atoms with Crippen LogP contribution in [0.2, 0.25) is 0 Å². The molecule has 0 N–H and O–H groups in total. The van der Waals surface area contributed by atoms with Crippen LogP contribution in [0.3, 0.4) is 0 Å². The molecule has 1 amide bonds. The average Bonchev–Trinajstić information content (AvgIpc) is 2.83. The van der Waals surface area contributed by atoms with Crippen LogP contribution in [0.5, 0.6) is 0 Å². The first-order chi connectivity index (χ1) is 9.85. The van der Waals surface area contributed by atoms with E-state index in [9.17, 15) is 13.6 Å². The topological polar surface area (TPSA) is 63.4 Å². The minimum absolute atomic E-state index is 0.0658. The molecule has 1 saturated heterocycles. The number of rotatable bonds is 1. The number of aryl methyl sites for hydroxylation is 1. The molecule has 106 valence electrons. The smallest absolute Gasteiger partial charge is 0.266 e. The molecule has 0 spiro atoms. The Balaban J connectivity index is 2.04. The van der Waals surface area contributed by atoms with Crippen LogP contribution in [0.25, 0.3) is 5.78 Å². The summed E-state index contributed by atoms with van der Waals surface area (Å²) in [5.41, 5.74) is 1.17. The zero-order valence-corrected chi connectivity index (χ0v) is 10.8. The van der Waals surface area contributed by atoms with Gasteiger partial charge in [-0.3, -0.25) is 4.79 Å². The first kappa shape index (κ1) is 11.7. The van der Waals surface area contributed by atoms with Crippen LogP contribution in [0.4, 0.5) is 8.78 Å². The van der Waals surface area contributed by atoms with Gasteiger partial charge in [0.1, 0.15) is 7.70 Å². The summed E-state index contributed by atoms with van der Waals surface area (Å²) in [4.78, 5) is 20.1. The minimum Gasteiger partial charge on any atom is -0.339 e. The highest BCUT2D eigenvalue weighted by molar-refractivity contribution is 5.48. The molecule has 6 nitrogen and oxygen atoms in total. The number of likely N-dealkylation sites (tertiary alicyclic amines) is 1. The van der Waals surface area contributed by atoms with Gasteiger partial charge < -0.3 is 4.90 Å². The fourth-order valence-electron chi connectivity index (χ4n) is 2.62. The van der Waals surface area contributed by atoms with Crippen molar-refractivity contribution in [1.29, 1.82) is 0 Å². The van der Waals surface area contributed by atoms with Gasteiger partial charge in [-0.15, -0.1) is 0 Å². The van der Waals surface area contributed by atoms with Crippen molar-refractivity contribution < 1.29 is 14.9 Å². The van der Waals surface area contributed by atoms with Crippen molar-refractivity contribution in [2.24, 2.45) is 0 Å². The molecular formula is C12H13F2N5O. The van der Waals surface area contributed by atoms with Crippen LogP contribution in [-0.2, 0) is 4.79 Å². The Morgan fingerprint density at radius 2 is 2.40 bits per heavy atom. The van der Waals surface area contributed by atoms with Gasteiger partial charge in [-0.2, -0.15) is 10.1 Å². The number of piperidine rings is 1. The molecule has 0 bridgehead atoms. The number of alkyl halides is 2. The number of carbonyl (C=O) groups excluding carboxylic acids is 1. The van der Waals surface area contributed by atoms with Crippen molar-refractivity contribution >= 4 is 12.2 Å². The van der Waals surface area contributed by atoms with Gasteiger partial charge >= 0.3 is 0 Å². The highest BCUT2D eigenvalue weighted by Crippen LogP contribution is 2.35. The second-order valence-corrected chi connectivity index (χ2v) is 5.02. The molecule has 0 saturated carbocycles. The van der Waals surface area contributed by atoms with E-state index in [-0.39, 0.29) is 6.54 Å². The summed E-state index contributed by atoms with van der Waals surface area (Å²) in [6.45, 7) is 1.10. The van der Waals surface area contributed by atoms with Crippen molar-refractivity contribution in [3.63, 3.8) is 0 Å². The van der Waals surface area contributed by atoms with Gasteiger partial charge in [0.05, 0.1) is 12.2 Å². The second-order valence-electron chi connectivity index (χ2n) is 5.02. The summed E-state index contributed by atoms with van der Waals surface area (Å²) < 4.78 is 36.2. The Hall–Kier alpha value is -2.12. The molecular weight excluding hydrogens is 268 g/mol. The monoisotopic (exact) mass is 282 g/mol. The Morgan fingerprint density at radius 1 is 1.60 bits per heavy atom. The average molecular weight is 282 g/mol. The number of halogens is 2. The number of hydrogen-bond acceptors (Lipinski definition) is 4. The molecule has 2 aromatic heterocycles. The molecule has 1 aliphatic heterocycles. The van der Waals surface area contributed by atoms with Crippen molar-refractivity contribution in [3.8, 4) is 0 Å². The second kappa shape index (κ2) is 4.46. The predicted octanol–water partition coefficient (Wildman–Crippen LogP) is 1.01. The van der Waals surface area contributed by atoms with E-state index >= 15 is 0 Å². The molecule has 0 aromatic carbocycles. The lowest BCUT2D eigenvalue weighted by Crippen LogP contribution is -2.45. The maximum atomic E-state index is 13.8. The van der Waals surface area contributed by atoms with Crippen molar-refractivity contribution in [2.75, 3.05) is 13.1 Å². The van der Waals surface area contributed by atoms with E-state index < -0.39 is 31.2 Å². The number of hydrogen-bond donors (Lipinski definition) is 0. The molecule has 20 heavy (non-hydrogen) atoms. The largest absolute Gasteiger partial charge is 0.339 e. The number of nitrogens with zero attached hydrogens (tertiary/aromatic N) is 5. The third kappa shape index (κ3) is 2.21. The third-order valence-electron chi connectivity index (χ3n) is 3.36. The number of carbonyl (C=O) groups is 1. The minimum atomic E-state index is -3.02. The summed E-state index contributed by atoms with van der Waals surface area (Å²) in [6.07, 6.45) is -0.186. The van der Waals surface area contributed by atoms with E-state index in [0.29, 0.717) is 17.2 Å². The quantitative estimate of drug-likeness (QED) is 0.732. The van der Waals surface area contributed by atoms with Crippen LogP contribution in [0.1, 0.15) is 25.1 Å². The summed E-state index contributed by atoms with van der Waals surface area (Å²) in [5, 5.41) is 4.00. The van der Waals surface area contributed by atoms with Crippen LogP contribution in [0.15, 0.2) is 12.4 Å². The van der Waals surface area contributed by atoms with E-state index in [0.717, 1.165) is 4.90 Å². The molecule has 1 atom stereocenters. The van der Waals surface area contributed by atoms with Gasteiger partial charge in [-0.1, -0.05) is 0 Å². The molecule has 0 aliphatic carbocycles. The van der Waals surface area contributed by atoms with Crippen LogP contribution in [-0.4, -0.2) is 49.9 Å². The fourth-order valence-corrected chi connectivity index (χ4v) is 2.62. The summed E-state index contributed by atoms with van der Waals surface area (Å²) in [5.74, 6) is -3.31. The maximum absolute atomic E-state index is 13.8. The molecule has 8 heteroatoms. The Bertz CT molecular complexity index is 704. The molecule has 2 aromatic rings. The van der Waals surface area contributed by atoms with E-state index in [4.69, 9.17) is 1.37 Å². The van der Waals surface area contributed by atoms with E-state index in [1.807, 2.05) is 0 Å².